The fourth-order valence-electron chi connectivity index (χ4n) is 2.95. The smallest absolute Gasteiger partial charge is 0.120 e. The third-order valence-corrected chi connectivity index (χ3v) is 4.30. The summed E-state index contributed by atoms with van der Waals surface area (Å²) in [5.74, 6) is 0.278. The van der Waals surface area contributed by atoms with Crippen LogP contribution in [-0.4, -0.2) is 28.7 Å². The number of aliphatic hydroxyl groups excluding tert-OH is 1. The summed E-state index contributed by atoms with van der Waals surface area (Å²) in [5, 5.41) is 20.6. The number of benzene rings is 3. The zero-order valence-electron chi connectivity index (χ0n) is 14.3. The molecule has 1 unspecified atom stereocenters. The Morgan fingerprint density at radius 2 is 1.48 bits per heavy atom. The van der Waals surface area contributed by atoms with Gasteiger partial charge in [0.05, 0.1) is 6.10 Å². The molecule has 0 spiro atoms. The summed E-state index contributed by atoms with van der Waals surface area (Å²) in [6.07, 6.45) is -0.550. The Bertz CT molecular complexity index is 803. The largest absolute Gasteiger partial charge is 0.508 e. The minimum absolute atomic E-state index is 0.278. The van der Waals surface area contributed by atoms with Gasteiger partial charge in [-0.25, -0.2) is 0 Å². The van der Waals surface area contributed by atoms with E-state index in [0.717, 1.165) is 22.3 Å². The molecule has 0 aliphatic carbocycles. The van der Waals surface area contributed by atoms with Crippen molar-refractivity contribution in [2.45, 2.75) is 12.6 Å². The Morgan fingerprint density at radius 1 is 0.840 bits per heavy atom. The topological polar surface area (TPSA) is 43.7 Å². The maximum absolute atomic E-state index is 10.4. The van der Waals surface area contributed by atoms with Crippen molar-refractivity contribution in [3.63, 3.8) is 0 Å². The fourth-order valence-corrected chi connectivity index (χ4v) is 2.95. The van der Waals surface area contributed by atoms with Crippen molar-refractivity contribution < 1.29 is 10.2 Å². The number of likely N-dealkylation sites (N-methyl/N-ethyl adjacent to an activating group) is 1. The van der Waals surface area contributed by atoms with Crippen LogP contribution in [0, 0.1) is 0 Å². The number of rotatable bonds is 6. The first-order valence-electron chi connectivity index (χ1n) is 8.42. The van der Waals surface area contributed by atoms with Crippen molar-refractivity contribution in [2.24, 2.45) is 0 Å². The number of phenolic OH excluding ortho intramolecular Hbond substituents is 1. The lowest BCUT2D eigenvalue weighted by Crippen LogP contribution is -2.24. The number of hydrogen-bond donors (Lipinski definition) is 2. The van der Waals surface area contributed by atoms with Gasteiger partial charge in [0, 0.05) is 18.7 Å². The summed E-state index contributed by atoms with van der Waals surface area (Å²) in [4.78, 5) is 2.02. The van der Waals surface area contributed by atoms with Crippen LogP contribution in [-0.2, 0) is 6.54 Å². The Hall–Kier alpha value is -2.62. The first-order valence-corrected chi connectivity index (χ1v) is 8.42. The number of nitrogens with zero attached hydrogens (tertiary/aromatic N) is 1. The molecule has 3 aromatic rings. The average Bonchev–Trinajstić information content (AvgIpc) is 2.65. The van der Waals surface area contributed by atoms with Crippen LogP contribution in [0.1, 0.15) is 17.2 Å². The Kier molecular flexibility index (Phi) is 5.49. The SMILES string of the molecule is CN(Cc1cc(-c2ccccc2)ccc1O)CC(O)c1ccccc1. The molecule has 0 aliphatic heterocycles. The Morgan fingerprint density at radius 3 is 2.16 bits per heavy atom. The molecule has 0 aliphatic rings. The Labute approximate surface area is 148 Å². The van der Waals surface area contributed by atoms with E-state index in [0.29, 0.717) is 13.1 Å². The fraction of sp³-hybridized carbons (Fsp3) is 0.182. The molecule has 3 nitrogen and oxygen atoms in total. The highest BCUT2D eigenvalue weighted by Crippen LogP contribution is 2.27. The summed E-state index contributed by atoms with van der Waals surface area (Å²) >= 11 is 0. The molecule has 25 heavy (non-hydrogen) atoms. The zero-order chi connectivity index (χ0) is 17.6. The molecular formula is C22H23NO2. The molecular weight excluding hydrogens is 310 g/mol. The lowest BCUT2D eigenvalue weighted by Gasteiger charge is -2.21. The van der Waals surface area contributed by atoms with Crippen LogP contribution in [0.4, 0.5) is 0 Å². The van der Waals surface area contributed by atoms with Crippen LogP contribution in [0.25, 0.3) is 11.1 Å². The van der Waals surface area contributed by atoms with Gasteiger partial charge < -0.3 is 10.2 Å². The highest BCUT2D eigenvalue weighted by Gasteiger charge is 2.13. The lowest BCUT2D eigenvalue weighted by atomic mass is 10.0. The van der Waals surface area contributed by atoms with Crippen molar-refractivity contribution in [3.8, 4) is 16.9 Å². The third-order valence-electron chi connectivity index (χ3n) is 4.30. The van der Waals surface area contributed by atoms with E-state index in [1.807, 2.05) is 72.6 Å². The predicted molar refractivity (Wildman–Crippen MR) is 101 cm³/mol. The number of hydrogen-bond acceptors (Lipinski definition) is 3. The van der Waals surface area contributed by atoms with Crippen LogP contribution >= 0.6 is 0 Å². The Balaban J connectivity index is 1.71. The van der Waals surface area contributed by atoms with Gasteiger partial charge in [-0.1, -0.05) is 66.7 Å². The molecule has 0 fully saturated rings. The highest BCUT2D eigenvalue weighted by molar-refractivity contribution is 5.65. The van der Waals surface area contributed by atoms with E-state index in [1.54, 1.807) is 6.07 Å². The molecule has 0 bridgehead atoms. The number of aromatic hydroxyl groups is 1. The molecule has 128 valence electrons. The molecule has 1 atom stereocenters. The maximum atomic E-state index is 10.4. The average molecular weight is 333 g/mol. The summed E-state index contributed by atoms with van der Waals surface area (Å²) in [5.41, 5.74) is 3.95. The van der Waals surface area contributed by atoms with Gasteiger partial charge in [-0.2, -0.15) is 0 Å². The van der Waals surface area contributed by atoms with E-state index in [4.69, 9.17) is 0 Å². The van der Waals surface area contributed by atoms with Gasteiger partial charge in [0.25, 0.3) is 0 Å². The number of aliphatic hydroxyl groups is 1. The van der Waals surface area contributed by atoms with Gasteiger partial charge in [-0.05, 0) is 35.9 Å². The minimum atomic E-state index is -0.550. The van der Waals surface area contributed by atoms with Crippen LogP contribution in [0.5, 0.6) is 5.75 Å². The summed E-state index contributed by atoms with van der Waals surface area (Å²) < 4.78 is 0. The van der Waals surface area contributed by atoms with Gasteiger partial charge in [0.2, 0.25) is 0 Å². The van der Waals surface area contributed by atoms with Crippen LogP contribution in [0.3, 0.4) is 0 Å². The molecule has 3 heteroatoms. The van der Waals surface area contributed by atoms with Crippen LogP contribution in [0.2, 0.25) is 0 Å². The van der Waals surface area contributed by atoms with Crippen molar-refractivity contribution in [1.29, 1.82) is 0 Å². The minimum Gasteiger partial charge on any atom is -0.508 e. The molecule has 0 radical (unpaired) electrons. The zero-order valence-corrected chi connectivity index (χ0v) is 14.3. The van der Waals surface area contributed by atoms with Gasteiger partial charge in [0.15, 0.2) is 0 Å². The van der Waals surface area contributed by atoms with E-state index >= 15 is 0 Å². The first-order chi connectivity index (χ1) is 12.1. The monoisotopic (exact) mass is 333 g/mol. The molecule has 0 aromatic heterocycles. The number of phenols is 1. The van der Waals surface area contributed by atoms with E-state index in [9.17, 15) is 10.2 Å². The summed E-state index contributed by atoms with van der Waals surface area (Å²) in [6, 6.07) is 25.4. The second kappa shape index (κ2) is 7.97. The van der Waals surface area contributed by atoms with Crippen molar-refractivity contribution in [1.82, 2.24) is 4.90 Å². The first kappa shape index (κ1) is 17.2. The second-order valence-electron chi connectivity index (χ2n) is 6.33. The lowest BCUT2D eigenvalue weighted by molar-refractivity contribution is 0.123. The molecule has 0 saturated carbocycles. The maximum Gasteiger partial charge on any atom is 0.120 e. The molecule has 0 saturated heterocycles. The molecule has 0 heterocycles. The third kappa shape index (κ3) is 4.47. The quantitative estimate of drug-likeness (QED) is 0.710. The van der Waals surface area contributed by atoms with Crippen LogP contribution in [0.15, 0.2) is 78.9 Å². The molecule has 3 rings (SSSR count). The van der Waals surface area contributed by atoms with Crippen molar-refractivity contribution in [2.75, 3.05) is 13.6 Å². The van der Waals surface area contributed by atoms with Gasteiger partial charge in [-0.3, -0.25) is 4.90 Å². The normalized spacial score (nSPS) is 12.3. The van der Waals surface area contributed by atoms with Crippen molar-refractivity contribution >= 4 is 0 Å². The molecule has 3 aromatic carbocycles. The van der Waals surface area contributed by atoms with E-state index in [2.05, 4.69) is 12.1 Å². The van der Waals surface area contributed by atoms with Gasteiger partial charge in [0.1, 0.15) is 5.75 Å². The molecule has 2 N–H and O–H groups in total. The van der Waals surface area contributed by atoms with E-state index in [-0.39, 0.29) is 5.75 Å². The van der Waals surface area contributed by atoms with Crippen LogP contribution < -0.4 is 0 Å². The summed E-state index contributed by atoms with van der Waals surface area (Å²) in [6.45, 7) is 1.06. The second-order valence-corrected chi connectivity index (χ2v) is 6.33. The highest BCUT2D eigenvalue weighted by atomic mass is 16.3. The predicted octanol–water partition coefficient (Wildman–Crippen LogP) is 4.22. The summed E-state index contributed by atoms with van der Waals surface area (Å²) in [7, 11) is 1.95. The van der Waals surface area contributed by atoms with Crippen molar-refractivity contribution in [3.05, 3.63) is 90.0 Å². The van der Waals surface area contributed by atoms with Gasteiger partial charge >= 0.3 is 0 Å². The van der Waals surface area contributed by atoms with E-state index < -0.39 is 6.10 Å². The standard InChI is InChI=1S/C22H23NO2/c1-23(16-22(25)18-10-6-3-7-11-18)15-20-14-19(12-13-21(20)24)17-8-4-2-5-9-17/h2-14,22,24-25H,15-16H2,1H3. The van der Waals surface area contributed by atoms with E-state index in [1.165, 1.54) is 0 Å². The van der Waals surface area contributed by atoms with Gasteiger partial charge in [-0.15, -0.1) is 0 Å². The molecule has 0 amide bonds.